The molecule has 0 aliphatic carbocycles. The number of phenolic OH excluding ortho intramolecular Hbond substituents is 2. The lowest BCUT2D eigenvalue weighted by molar-refractivity contribution is -0.432. The first kappa shape index (κ1) is 42.5. The van der Waals surface area contributed by atoms with Crippen LogP contribution in [0.15, 0.2) is 142 Å². The standard InChI is InChI=1S/C35H24N10O13S3/c46-31-25-11-7-22(36-33-37-34(48)39-35(49)38-33)13-17(25)15-27(60-57-54-51)30(31)45-43-23-8-12-26-18(14-23)16-28(61-58-55-52)29(32(26)47)44-42-20-3-1-19(2-4-20)40-41-21-5-9-24(10-6-21)59-56-53-50/h1-16,46-47,50-52H,(H3,36,37,38,39,48,49). The summed E-state index contributed by atoms with van der Waals surface area (Å²) in [4.78, 5) is 11.7. The Morgan fingerprint density at radius 2 is 0.902 bits per heavy atom. The molecule has 6 aromatic carbocycles. The second-order valence-corrected chi connectivity index (χ2v) is 13.9. The molecule has 1 aromatic heterocycles. The van der Waals surface area contributed by atoms with E-state index in [1.807, 2.05) is 0 Å². The summed E-state index contributed by atoms with van der Waals surface area (Å²) in [5.74, 6) is -0.755. The first-order valence-corrected chi connectivity index (χ1v) is 18.8. The van der Waals surface area contributed by atoms with E-state index in [1.54, 1.807) is 97.1 Å². The first-order valence-electron chi connectivity index (χ1n) is 16.6. The summed E-state index contributed by atoms with van der Waals surface area (Å²) in [7, 11) is 0. The molecule has 26 heteroatoms. The van der Waals surface area contributed by atoms with Crippen LogP contribution < -0.4 is 5.32 Å². The van der Waals surface area contributed by atoms with E-state index in [0.29, 0.717) is 73.3 Å². The third-order valence-electron chi connectivity index (χ3n) is 7.92. The zero-order chi connectivity index (χ0) is 42.7. The van der Waals surface area contributed by atoms with Crippen LogP contribution in [0, 0.1) is 0 Å². The highest BCUT2D eigenvalue weighted by atomic mass is 32.2. The summed E-state index contributed by atoms with van der Waals surface area (Å²) in [6.07, 6.45) is 0. The van der Waals surface area contributed by atoms with Gasteiger partial charge in [-0.2, -0.15) is 30.4 Å². The summed E-state index contributed by atoms with van der Waals surface area (Å²) in [5.41, 5.74) is 2.08. The van der Waals surface area contributed by atoms with Crippen molar-refractivity contribution in [2.75, 3.05) is 5.32 Å². The van der Waals surface area contributed by atoms with Gasteiger partial charge in [-0.25, -0.2) is 15.8 Å². The van der Waals surface area contributed by atoms with Crippen molar-refractivity contribution >= 4 is 103 Å². The Bertz CT molecular complexity index is 2750. The fourth-order valence-corrected chi connectivity index (χ4v) is 6.68. The molecule has 0 aliphatic rings. The lowest BCUT2D eigenvalue weighted by atomic mass is 10.1. The number of aromatic nitrogens is 3. The predicted octanol–water partition coefficient (Wildman–Crippen LogP) is 11.3. The van der Waals surface area contributed by atoms with Gasteiger partial charge in [-0.05, 0) is 108 Å². The van der Waals surface area contributed by atoms with Crippen molar-refractivity contribution in [2.45, 2.75) is 14.7 Å². The maximum Gasteiger partial charge on any atom is 0.321 e. The van der Waals surface area contributed by atoms with Crippen LogP contribution in [0.5, 0.6) is 23.5 Å². The molecule has 310 valence electrons. The molecule has 0 saturated heterocycles. The van der Waals surface area contributed by atoms with Gasteiger partial charge in [-0.15, -0.1) is 28.2 Å². The fraction of sp³-hybridized carbons (Fsp3) is 0. The number of rotatable bonds is 17. The smallest absolute Gasteiger partial charge is 0.321 e. The van der Waals surface area contributed by atoms with E-state index >= 15 is 0 Å². The number of fused-ring (bicyclic) bond motifs is 2. The fourth-order valence-electron chi connectivity index (χ4n) is 5.33. The van der Waals surface area contributed by atoms with Gasteiger partial charge in [0.05, 0.1) is 68.7 Å². The Labute approximate surface area is 352 Å². The van der Waals surface area contributed by atoms with Crippen molar-refractivity contribution < 1.29 is 64.3 Å². The monoisotopic (exact) mass is 888 g/mol. The zero-order valence-corrected chi connectivity index (χ0v) is 32.5. The zero-order valence-electron chi connectivity index (χ0n) is 30.1. The minimum absolute atomic E-state index is 0.0120. The van der Waals surface area contributed by atoms with E-state index in [4.69, 9.17) is 15.8 Å². The summed E-state index contributed by atoms with van der Waals surface area (Å²) in [6.45, 7) is 0. The lowest BCUT2D eigenvalue weighted by Crippen LogP contribution is -1.98. The quantitative estimate of drug-likeness (QED) is 0.0182. The molecule has 1 heterocycles. The Kier molecular flexibility index (Phi) is 14.0. The van der Waals surface area contributed by atoms with Gasteiger partial charge in [-0.1, -0.05) is 15.1 Å². The Morgan fingerprint density at radius 3 is 1.44 bits per heavy atom. The molecule has 7 rings (SSSR count). The molecule has 8 N–H and O–H groups in total. The van der Waals surface area contributed by atoms with E-state index in [0.717, 1.165) is 12.0 Å². The summed E-state index contributed by atoms with van der Waals surface area (Å²) < 4.78 is 13.7. The number of anilines is 2. The Morgan fingerprint density at radius 1 is 0.459 bits per heavy atom. The van der Waals surface area contributed by atoms with Crippen molar-refractivity contribution in [3.05, 3.63) is 97.1 Å². The molecule has 0 spiro atoms. The Balaban J connectivity index is 1.12. The molecule has 0 unspecified atom stereocenters. The highest BCUT2D eigenvalue weighted by molar-refractivity contribution is 7.95. The minimum Gasteiger partial charge on any atom is -0.505 e. The first-order chi connectivity index (χ1) is 29.7. The van der Waals surface area contributed by atoms with Gasteiger partial charge < -0.3 is 25.7 Å². The maximum absolute atomic E-state index is 11.3. The van der Waals surface area contributed by atoms with Gasteiger partial charge in [0.25, 0.3) is 0 Å². The summed E-state index contributed by atoms with van der Waals surface area (Å²) >= 11 is 1.88. The predicted molar refractivity (Wildman–Crippen MR) is 215 cm³/mol. The van der Waals surface area contributed by atoms with E-state index in [9.17, 15) is 20.4 Å². The van der Waals surface area contributed by atoms with Crippen LogP contribution in [0.4, 0.5) is 45.8 Å². The van der Waals surface area contributed by atoms with Crippen molar-refractivity contribution in [1.29, 1.82) is 0 Å². The number of nitrogens with zero attached hydrogens (tertiary/aromatic N) is 9. The molecule has 61 heavy (non-hydrogen) atoms. The molecule has 0 aliphatic heterocycles. The van der Waals surface area contributed by atoms with Crippen LogP contribution in [0.3, 0.4) is 0 Å². The highest BCUT2D eigenvalue weighted by Gasteiger charge is 2.18. The number of hydrogen-bond donors (Lipinski definition) is 8. The van der Waals surface area contributed by atoms with Crippen molar-refractivity contribution in [1.82, 2.24) is 15.0 Å². The molecule has 0 atom stereocenters. The van der Waals surface area contributed by atoms with Crippen LogP contribution in [0.25, 0.3) is 21.5 Å². The third kappa shape index (κ3) is 10.8. The topological polar surface area (TPSA) is 322 Å². The van der Waals surface area contributed by atoms with Crippen molar-refractivity contribution in [3.63, 3.8) is 0 Å². The number of azo groups is 3. The molecule has 0 fully saturated rings. The lowest BCUT2D eigenvalue weighted by Gasteiger charge is -2.11. The molecule has 0 saturated carbocycles. The second-order valence-electron chi connectivity index (χ2n) is 11.7. The molecular formula is C35H24N10O13S3. The van der Waals surface area contributed by atoms with Gasteiger partial charge in [0.15, 0.2) is 11.5 Å². The van der Waals surface area contributed by atoms with Crippen LogP contribution >= 0.6 is 36.1 Å². The molecular weight excluding hydrogens is 865 g/mol. The van der Waals surface area contributed by atoms with E-state index in [-0.39, 0.29) is 44.3 Å². The van der Waals surface area contributed by atoms with Crippen LogP contribution in [-0.2, 0) is 28.1 Å². The van der Waals surface area contributed by atoms with Crippen molar-refractivity contribution in [2.24, 2.45) is 30.7 Å². The van der Waals surface area contributed by atoms with Crippen molar-refractivity contribution in [3.8, 4) is 23.5 Å². The van der Waals surface area contributed by atoms with Crippen LogP contribution in [0.1, 0.15) is 0 Å². The SMILES string of the molecule is OOOSc1ccc(N=Nc2ccc(N=Nc3c(SOOO)cc4cc(N=Nc5c(SOOO)cc6cc(Nc7nc(O)nc(O)n7)ccc6c5O)ccc4c3O)cc2)cc1. The molecule has 0 amide bonds. The van der Waals surface area contributed by atoms with E-state index in [1.165, 1.54) is 0 Å². The molecule has 7 aromatic rings. The molecule has 23 nitrogen and oxygen atoms in total. The van der Waals surface area contributed by atoms with Gasteiger partial charge in [-0.3, -0.25) is 0 Å². The number of phenols is 2. The summed E-state index contributed by atoms with van der Waals surface area (Å²) in [6, 6.07) is 24.5. The van der Waals surface area contributed by atoms with E-state index < -0.39 is 12.0 Å². The maximum atomic E-state index is 11.3. The highest BCUT2D eigenvalue weighted by Crippen LogP contribution is 2.47. The van der Waals surface area contributed by atoms with Gasteiger partial charge in [0, 0.05) is 21.4 Å². The molecule has 0 bridgehead atoms. The average molecular weight is 889 g/mol. The Hall–Kier alpha value is -6.66. The number of hydrogen-bond acceptors (Lipinski definition) is 26. The van der Waals surface area contributed by atoms with Crippen LogP contribution in [0.2, 0.25) is 0 Å². The van der Waals surface area contributed by atoms with Gasteiger partial charge in [0.1, 0.15) is 11.4 Å². The van der Waals surface area contributed by atoms with Gasteiger partial charge in [0.2, 0.25) is 5.95 Å². The van der Waals surface area contributed by atoms with Gasteiger partial charge >= 0.3 is 12.0 Å². The normalized spacial score (nSPS) is 11.9. The average Bonchev–Trinajstić information content (AvgIpc) is 3.26. The number of nitrogens with one attached hydrogen (secondary N) is 1. The van der Waals surface area contributed by atoms with E-state index in [2.05, 4.69) is 79.1 Å². The minimum atomic E-state index is -0.701. The largest absolute Gasteiger partial charge is 0.505 e. The number of benzene rings is 6. The van der Waals surface area contributed by atoms with Crippen LogP contribution in [-0.4, -0.2) is 51.1 Å². The summed E-state index contributed by atoms with van der Waals surface area (Å²) in [5, 5.41) is 109. The number of aromatic hydroxyl groups is 4. The third-order valence-corrected chi connectivity index (χ3v) is 9.75. The second kappa shape index (κ2) is 20.1. The molecule has 0 radical (unpaired) electrons.